The van der Waals surface area contributed by atoms with Crippen LogP contribution in [0.5, 0.6) is 0 Å². The Morgan fingerprint density at radius 3 is 2.75 bits per heavy atom. The number of hydrogen-bond acceptors (Lipinski definition) is 3. The minimum Gasteiger partial charge on any atom is -0.399 e. The second kappa shape index (κ2) is 6.02. The number of aliphatic hydroxyl groups is 1. The van der Waals surface area contributed by atoms with Crippen LogP contribution >= 0.6 is 11.6 Å². The number of hydrogen-bond donors (Lipinski definition) is 3. The molecule has 5 heteroatoms. The number of nitrogens with one attached hydrogen (secondary N) is 1. The summed E-state index contributed by atoms with van der Waals surface area (Å²) in [7, 11) is 0. The normalized spacial score (nSPS) is 26.2. The van der Waals surface area contributed by atoms with Crippen molar-refractivity contribution in [3.05, 3.63) is 28.8 Å². The highest BCUT2D eigenvalue weighted by atomic mass is 35.5. The van der Waals surface area contributed by atoms with Gasteiger partial charge >= 0.3 is 0 Å². The minimum absolute atomic E-state index is 0.0502. The highest BCUT2D eigenvalue weighted by Gasteiger charge is 2.35. The summed E-state index contributed by atoms with van der Waals surface area (Å²) >= 11 is 6.04. The van der Waals surface area contributed by atoms with Gasteiger partial charge in [-0.3, -0.25) is 4.79 Å². The van der Waals surface area contributed by atoms with Gasteiger partial charge in [0.15, 0.2) is 0 Å². The van der Waals surface area contributed by atoms with Crippen LogP contribution in [0.2, 0.25) is 5.02 Å². The molecular formula is C15H21ClN2O2. The van der Waals surface area contributed by atoms with E-state index < -0.39 is 5.54 Å². The molecule has 1 fully saturated rings. The van der Waals surface area contributed by atoms with Gasteiger partial charge in [0.1, 0.15) is 0 Å². The van der Waals surface area contributed by atoms with Gasteiger partial charge in [-0.15, -0.1) is 0 Å². The Bertz CT molecular complexity index is 497. The molecule has 0 aliphatic heterocycles. The van der Waals surface area contributed by atoms with Gasteiger partial charge in [-0.25, -0.2) is 0 Å². The third-order valence-electron chi connectivity index (χ3n) is 4.15. The third kappa shape index (κ3) is 3.25. The van der Waals surface area contributed by atoms with E-state index in [-0.39, 0.29) is 12.5 Å². The van der Waals surface area contributed by atoms with Gasteiger partial charge in [0.05, 0.1) is 22.7 Å². The molecular weight excluding hydrogens is 276 g/mol. The molecule has 1 aliphatic rings. The van der Waals surface area contributed by atoms with Gasteiger partial charge < -0.3 is 16.2 Å². The number of halogens is 1. The average molecular weight is 297 g/mol. The van der Waals surface area contributed by atoms with Crippen molar-refractivity contribution < 1.29 is 9.90 Å². The van der Waals surface area contributed by atoms with Crippen LogP contribution in [0.3, 0.4) is 0 Å². The first-order valence-corrected chi connectivity index (χ1v) is 7.32. The molecule has 1 amide bonds. The summed E-state index contributed by atoms with van der Waals surface area (Å²) in [6.45, 7) is 2.14. The maximum atomic E-state index is 12.4. The summed E-state index contributed by atoms with van der Waals surface area (Å²) in [5.41, 5.74) is 6.02. The molecule has 20 heavy (non-hydrogen) atoms. The molecule has 4 nitrogen and oxygen atoms in total. The first-order valence-electron chi connectivity index (χ1n) is 6.94. The van der Waals surface area contributed by atoms with Crippen molar-refractivity contribution >= 4 is 23.2 Å². The number of benzene rings is 1. The van der Waals surface area contributed by atoms with Crippen LogP contribution in [-0.4, -0.2) is 23.2 Å². The highest BCUT2D eigenvalue weighted by molar-refractivity contribution is 6.34. The standard InChI is InChI=1S/C15H21ClN2O2/c1-10-4-6-15(9-19,7-5-10)18-14(20)12-8-11(17)2-3-13(12)16/h2-3,8,10,19H,4-7,9,17H2,1H3,(H,18,20). The molecule has 1 aliphatic carbocycles. The monoisotopic (exact) mass is 296 g/mol. The molecule has 0 spiro atoms. The van der Waals surface area contributed by atoms with Gasteiger partial charge in [-0.1, -0.05) is 18.5 Å². The first kappa shape index (κ1) is 15.1. The van der Waals surface area contributed by atoms with Crippen molar-refractivity contribution in [1.29, 1.82) is 0 Å². The molecule has 1 aromatic rings. The van der Waals surface area contributed by atoms with Crippen molar-refractivity contribution in [1.82, 2.24) is 5.32 Å². The number of rotatable bonds is 3. The number of carbonyl (C=O) groups excluding carboxylic acids is 1. The van der Waals surface area contributed by atoms with Crippen LogP contribution < -0.4 is 11.1 Å². The Kier molecular flexibility index (Phi) is 4.55. The predicted octanol–water partition coefficient (Wildman–Crippen LogP) is 2.59. The Morgan fingerprint density at radius 1 is 1.50 bits per heavy atom. The van der Waals surface area contributed by atoms with Crippen molar-refractivity contribution in [2.45, 2.75) is 38.1 Å². The highest BCUT2D eigenvalue weighted by Crippen LogP contribution is 2.32. The number of anilines is 1. The van der Waals surface area contributed by atoms with Crippen LogP contribution in [0, 0.1) is 5.92 Å². The SMILES string of the molecule is CC1CCC(CO)(NC(=O)c2cc(N)ccc2Cl)CC1. The fourth-order valence-electron chi connectivity index (χ4n) is 2.66. The van der Waals surface area contributed by atoms with Gasteiger partial charge in [0, 0.05) is 5.69 Å². The lowest BCUT2D eigenvalue weighted by molar-refractivity contribution is 0.0717. The zero-order valence-corrected chi connectivity index (χ0v) is 12.4. The smallest absolute Gasteiger partial charge is 0.253 e. The molecule has 0 unspecified atom stereocenters. The quantitative estimate of drug-likeness (QED) is 0.751. The molecule has 1 saturated carbocycles. The van der Waals surface area contributed by atoms with Gasteiger partial charge in [-0.2, -0.15) is 0 Å². The second-order valence-corrected chi connectivity index (χ2v) is 6.22. The number of aliphatic hydroxyl groups excluding tert-OH is 1. The number of carbonyl (C=O) groups is 1. The van der Waals surface area contributed by atoms with E-state index in [9.17, 15) is 9.90 Å². The van der Waals surface area contributed by atoms with Gasteiger partial charge in [0.25, 0.3) is 5.91 Å². The molecule has 0 radical (unpaired) electrons. The van der Waals surface area contributed by atoms with Crippen molar-refractivity contribution in [3.63, 3.8) is 0 Å². The fourth-order valence-corrected chi connectivity index (χ4v) is 2.87. The minimum atomic E-state index is -0.530. The van der Waals surface area contributed by atoms with E-state index in [1.807, 2.05) is 0 Å². The topological polar surface area (TPSA) is 75.3 Å². The van der Waals surface area contributed by atoms with E-state index in [4.69, 9.17) is 17.3 Å². The van der Waals surface area contributed by atoms with Crippen molar-refractivity contribution in [2.24, 2.45) is 5.92 Å². The molecule has 110 valence electrons. The summed E-state index contributed by atoms with van der Waals surface area (Å²) in [5, 5.41) is 13.0. The fraction of sp³-hybridized carbons (Fsp3) is 0.533. The maximum Gasteiger partial charge on any atom is 0.253 e. The molecule has 0 saturated heterocycles. The van der Waals surface area contributed by atoms with Crippen LogP contribution in [-0.2, 0) is 0 Å². The van der Waals surface area contributed by atoms with E-state index in [1.54, 1.807) is 18.2 Å². The van der Waals surface area contributed by atoms with E-state index in [0.29, 0.717) is 22.2 Å². The van der Waals surface area contributed by atoms with Crippen LogP contribution in [0.15, 0.2) is 18.2 Å². The third-order valence-corrected chi connectivity index (χ3v) is 4.48. The molecule has 4 N–H and O–H groups in total. The van der Waals surface area contributed by atoms with E-state index in [1.165, 1.54) is 0 Å². The second-order valence-electron chi connectivity index (χ2n) is 5.81. The lowest BCUT2D eigenvalue weighted by Gasteiger charge is -2.38. The number of nitrogen functional groups attached to an aromatic ring is 1. The summed E-state index contributed by atoms with van der Waals surface area (Å²) < 4.78 is 0. The summed E-state index contributed by atoms with van der Waals surface area (Å²) in [6, 6.07) is 4.83. The molecule has 0 heterocycles. The first-order chi connectivity index (χ1) is 9.46. The van der Waals surface area contributed by atoms with E-state index in [2.05, 4.69) is 12.2 Å². The lowest BCUT2D eigenvalue weighted by Crippen LogP contribution is -2.53. The van der Waals surface area contributed by atoms with Crippen LogP contribution in [0.25, 0.3) is 0 Å². The maximum absolute atomic E-state index is 12.4. The number of nitrogens with two attached hydrogens (primary N) is 1. The molecule has 0 aromatic heterocycles. The molecule has 2 rings (SSSR count). The van der Waals surface area contributed by atoms with Gasteiger partial charge in [0.2, 0.25) is 0 Å². The lowest BCUT2D eigenvalue weighted by atomic mass is 9.77. The van der Waals surface area contributed by atoms with Crippen molar-refractivity contribution in [3.8, 4) is 0 Å². The zero-order valence-electron chi connectivity index (χ0n) is 11.7. The summed E-state index contributed by atoms with van der Waals surface area (Å²) in [6.07, 6.45) is 3.59. The largest absolute Gasteiger partial charge is 0.399 e. The van der Waals surface area contributed by atoms with Crippen LogP contribution in [0.4, 0.5) is 5.69 Å². The molecule has 0 bridgehead atoms. The van der Waals surface area contributed by atoms with Crippen LogP contribution in [0.1, 0.15) is 43.0 Å². The zero-order chi connectivity index (χ0) is 14.8. The summed E-state index contributed by atoms with van der Waals surface area (Å²) in [4.78, 5) is 12.4. The summed E-state index contributed by atoms with van der Waals surface area (Å²) in [5.74, 6) is 0.369. The molecule has 1 aromatic carbocycles. The average Bonchev–Trinajstić information content (AvgIpc) is 2.44. The Balaban J connectivity index is 2.15. The Hall–Kier alpha value is -1.26. The number of amides is 1. The van der Waals surface area contributed by atoms with E-state index >= 15 is 0 Å². The Labute approximate surface area is 124 Å². The van der Waals surface area contributed by atoms with Gasteiger partial charge in [-0.05, 0) is 49.8 Å². The predicted molar refractivity (Wildman–Crippen MR) is 80.8 cm³/mol. The Morgan fingerprint density at radius 2 is 2.15 bits per heavy atom. The van der Waals surface area contributed by atoms with Crippen molar-refractivity contribution in [2.75, 3.05) is 12.3 Å². The van der Waals surface area contributed by atoms with E-state index in [0.717, 1.165) is 25.7 Å². The molecule has 0 atom stereocenters.